The lowest BCUT2D eigenvalue weighted by atomic mass is 9.34. The van der Waals surface area contributed by atoms with Crippen LogP contribution in [-0.2, 0) is 14.3 Å². The number of fused-ring (bicyclic) bond motifs is 7. The summed E-state index contributed by atoms with van der Waals surface area (Å²) in [4.78, 5) is 26.0. The van der Waals surface area contributed by atoms with Crippen LogP contribution < -0.4 is 0 Å². The number of esters is 1. The van der Waals surface area contributed by atoms with Gasteiger partial charge in [0.05, 0.1) is 12.0 Å². The molecule has 0 amide bonds. The molecule has 0 unspecified atom stereocenters. The Labute approximate surface area is 223 Å². The van der Waals surface area contributed by atoms with Gasteiger partial charge in [-0.15, -0.1) is 0 Å². The average Bonchev–Trinajstić information content (AvgIpc) is 2.86. The molecule has 4 heteroatoms. The highest BCUT2D eigenvalue weighted by atomic mass is 16.5. The van der Waals surface area contributed by atoms with E-state index in [4.69, 9.17) is 4.74 Å². The predicted octanol–water partition coefficient (Wildman–Crippen LogP) is 7.96. The summed E-state index contributed by atoms with van der Waals surface area (Å²) in [6.07, 6.45) is 15.3. The van der Waals surface area contributed by atoms with Crippen molar-refractivity contribution < 1.29 is 19.4 Å². The average molecular weight is 507 g/mol. The van der Waals surface area contributed by atoms with E-state index in [9.17, 15) is 14.7 Å². The van der Waals surface area contributed by atoms with Gasteiger partial charge in [-0.3, -0.25) is 9.59 Å². The number of ketones is 1. The number of aliphatic hydroxyl groups excluding tert-OH is 1. The highest BCUT2D eigenvalue weighted by Gasteiger charge is 2.67. The Balaban J connectivity index is 1.54. The minimum atomic E-state index is -0.425. The molecule has 1 N–H and O–H groups in total. The smallest absolute Gasteiger partial charge is 0.311 e. The summed E-state index contributed by atoms with van der Waals surface area (Å²) < 4.78 is 5.80. The Hall–Kier alpha value is -2.10. The Morgan fingerprint density at radius 3 is 2.43 bits per heavy atom. The first-order valence-electron chi connectivity index (χ1n) is 14.5. The molecule has 0 aromatic heterocycles. The van der Waals surface area contributed by atoms with Gasteiger partial charge in [0.15, 0.2) is 5.76 Å². The third kappa shape index (κ3) is 3.53. The van der Waals surface area contributed by atoms with Crippen molar-refractivity contribution in [1.82, 2.24) is 0 Å². The Morgan fingerprint density at radius 1 is 1.03 bits per heavy atom. The Kier molecular flexibility index (Phi) is 6.05. The van der Waals surface area contributed by atoms with Crippen LogP contribution in [0.3, 0.4) is 0 Å². The molecule has 37 heavy (non-hydrogen) atoms. The zero-order chi connectivity index (χ0) is 27.0. The predicted molar refractivity (Wildman–Crippen MR) is 147 cm³/mol. The quantitative estimate of drug-likeness (QED) is 0.310. The van der Waals surface area contributed by atoms with Crippen LogP contribution in [0.5, 0.6) is 0 Å². The highest BCUT2D eigenvalue weighted by molar-refractivity contribution is 6.06. The van der Waals surface area contributed by atoms with Gasteiger partial charge in [-0.1, -0.05) is 58.8 Å². The molecular weight excluding hydrogens is 460 g/mol. The summed E-state index contributed by atoms with van der Waals surface area (Å²) in [5, 5.41) is 10.4. The molecule has 4 nitrogen and oxygen atoms in total. The number of carbonyl (C=O) groups excluding carboxylic acids is 2. The molecule has 0 saturated heterocycles. The van der Waals surface area contributed by atoms with Crippen molar-refractivity contribution >= 4 is 11.8 Å². The summed E-state index contributed by atoms with van der Waals surface area (Å²) >= 11 is 0. The van der Waals surface area contributed by atoms with E-state index < -0.39 is 5.41 Å². The van der Waals surface area contributed by atoms with Crippen molar-refractivity contribution in [3.63, 3.8) is 0 Å². The van der Waals surface area contributed by atoms with Crippen LogP contribution in [0, 0.1) is 33.0 Å². The number of rotatable bonds is 4. The normalized spacial score (nSPS) is 42.9. The first-order chi connectivity index (χ1) is 17.3. The van der Waals surface area contributed by atoms with Crippen molar-refractivity contribution in [3.05, 3.63) is 46.3 Å². The van der Waals surface area contributed by atoms with Gasteiger partial charge >= 0.3 is 5.97 Å². The molecule has 0 aromatic rings. The Bertz CT molecular complexity index is 1170. The summed E-state index contributed by atoms with van der Waals surface area (Å²) in [5.41, 5.74) is 3.82. The van der Waals surface area contributed by atoms with E-state index >= 15 is 0 Å². The largest absolute Gasteiger partial charge is 0.504 e. The number of hydrogen-bond donors (Lipinski definition) is 1. The maximum absolute atomic E-state index is 13.3. The van der Waals surface area contributed by atoms with Gasteiger partial charge in [0.25, 0.3) is 0 Å². The van der Waals surface area contributed by atoms with Gasteiger partial charge in [0.2, 0.25) is 5.78 Å². The summed E-state index contributed by atoms with van der Waals surface area (Å²) in [5.74, 6) is 0.0335. The van der Waals surface area contributed by atoms with Crippen LogP contribution in [0.25, 0.3) is 0 Å². The van der Waals surface area contributed by atoms with Crippen molar-refractivity contribution in [3.8, 4) is 0 Å². The maximum atomic E-state index is 13.3. The number of hydrogen-bond acceptors (Lipinski definition) is 4. The fourth-order valence-corrected chi connectivity index (χ4v) is 9.13. The molecule has 6 atom stereocenters. The SMILES string of the molecule is CCCCOC(=O)[C@]1(C)CC[C@]2(C)CC[C@]3(C)C4=CC=C5C(=CC(=O)C(O)=C5C)[C@]4(C)CC[C@@]3(C)[C@@H]2C1. The number of allylic oxidation sites excluding steroid dienone is 7. The molecule has 0 heterocycles. The van der Waals surface area contributed by atoms with Gasteiger partial charge in [-0.25, -0.2) is 0 Å². The number of ether oxygens (including phenoxy) is 1. The number of unbranched alkanes of at least 4 members (excludes halogenated alkanes) is 1. The number of aliphatic hydroxyl groups is 1. The molecule has 5 aliphatic rings. The van der Waals surface area contributed by atoms with Gasteiger partial charge in [-0.05, 0) is 105 Å². The minimum Gasteiger partial charge on any atom is -0.504 e. The first-order valence-corrected chi connectivity index (χ1v) is 14.5. The summed E-state index contributed by atoms with van der Waals surface area (Å²) in [7, 11) is 0. The number of carbonyl (C=O) groups is 2. The second kappa shape index (κ2) is 8.45. The Morgan fingerprint density at radius 2 is 1.73 bits per heavy atom. The molecular formula is C33H46O4. The van der Waals surface area contributed by atoms with E-state index in [0.717, 1.165) is 68.9 Å². The third-order valence-electron chi connectivity index (χ3n) is 12.1. The van der Waals surface area contributed by atoms with Gasteiger partial charge in [0, 0.05) is 11.0 Å². The molecule has 0 spiro atoms. The monoisotopic (exact) mass is 506 g/mol. The first kappa shape index (κ1) is 26.5. The molecule has 0 aromatic carbocycles. The molecule has 202 valence electrons. The van der Waals surface area contributed by atoms with Crippen LogP contribution in [0.2, 0.25) is 0 Å². The van der Waals surface area contributed by atoms with E-state index in [-0.39, 0.29) is 39.2 Å². The van der Waals surface area contributed by atoms with Crippen molar-refractivity contribution in [2.45, 2.75) is 106 Å². The minimum absolute atomic E-state index is 0.00285. The summed E-state index contributed by atoms with van der Waals surface area (Å²) in [6.45, 7) is 16.4. The van der Waals surface area contributed by atoms with Crippen LogP contribution in [0.1, 0.15) is 106 Å². The van der Waals surface area contributed by atoms with E-state index in [0.29, 0.717) is 18.1 Å². The second-order valence-corrected chi connectivity index (χ2v) is 14.1. The fraction of sp³-hybridized carbons (Fsp3) is 0.697. The topological polar surface area (TPSA) is 63.6 Å². The van der Waals surface area contributed by atoms with Crippen LogP contribution in [0.15, 0.2) is 46.3 Å². The van der Waals surface area contributed by atoms with Crippen molar-refractivity contribution in [2.24, 2.45) is 33.0 Å². The second-order valence-electron chi connectivity index (χ2n) is 14.1. The van der Waals surface area contributed by atoms with Crippen molar-refractivity contribution in [2.75, 3.05) is 6.61 Å². The lowest BCUT2D eigenvalue weighted by Crippen LogP contribution is -2.62. The zero-order valence-electron chi connectivity index (χ0n) is 24.1. The van der Waals surface area contributed by atoms with E-state index in [1.165, 1.54) is 5.57 Å². The zero-order valence-corrected chi connectivity index (χ0v) is 24.1. The van der Waals surface area contributed by atoms with Crippen LogP contribution >= 0.6 is 0 Å². The molecule has 3 saturated carbocycles. The van der Waals surface area contributed by atoms with Crippen LogP contribution in [-0.4, -0.2) is 23.5 Å². The third-order valence-corrected chi connectivity index (χ3v) is 12.1. The van der Waals surface area contributed by atoms with E-state index in [1.807, 2.05) is 6.92 Å². The fourth-order valence-electron chi connectivity index (χ4n) is 9.13. The van der Waals surface area contributed by atoms with E-state index in [1.54, 1.807) is 6.08 Å². The molecule has 5 aliphatic carbocycles. The molecule has 3 fully saturated rings. The standard InChI is InChI=1S/C33H46O4/c1-8-9-18-37-28(36)30(4)13-12-29(3)14-16-32(6)25-11-10-22-21(2)27(35)24(34)19-23(22)31(25,5)15-17-33(32,7)26(29)20-30/h10-11,19,26,35H,8-9,12-18,20H2,1-7H3/t26-,29-,30-,31+,32-,33+/m1/s1. The molecule has 0 radical (unpaired) electrons. The summed E-state index contributed by atoms with van der Waals surface area (Å²) in [6, 6.07) is 0. The van der Waals surface area contributed by atoms with E-state index in [2.05, 4.69) is 53.7 Å². The lowest BCUT2D eigenvalue weighted by molar-refractivity contribution is -0.182. The van der Waals surface area contributed by atoms with Gasteiger partial charge in [0.1, 0.15) is 0 Å². The molecule has 5 rings (SSSR count). The highest BCUT2D eigenvalue weighted by Crippen LogP contribution is 2.75. The molecule has 0 bridgehead atoms. The van der Waals surface area contributed by atoms with Crippen LogP contribution in [0.4, 0.5) is 0 Å². The van der Waals surface area contributed by atoms with Gasteiger partial charge in [-0.2, -0.15) is 0 Å². The lowest BCUT2D eigenvalue weighted by Gasteiger charge is -2.70. The maximum Gasteiger partial charge on any atom is 0.311 e. The molecule has 0 aliphatic heterocycles. The van der Waals surface area contributed by atoms with Crippen molar-refractivity contribution in [1.29, 1.82) is 0 Å². The van der Waals surface area contributed by atoms with Gasteiger partial charge < -0.3 is 9.84 Å².